The minimum Gasteiger partial charge on any atom is -0.465 e. The minimum atomic E-state index is -0.780. The molecule has 1 aromatic rings. The monoisotopic (exact) mass is 310 g/mol. The number of carbonyl (C=O) groups is 1. The number of amides is 1. The molecular weight excluding hydrogens is 292 g/mol. The van der Waals surface area contributed by atoms with E-state index in [0.717, 1.165) is 37.9 Å². The van der Waals surface area contributed by atoms with Crippen LogP contribution >= 0.6 is 11.6 Å². The van der Waals surface area contributed by atoms with E-state index in [1.165, 1.54) is 0 Å². The summed E-state index contributed by atoms with van der Waals surface area (Å²) in [6.45, 7) is 0. The number of rotatable bonds is 2. The normalized spacial score (nSPS) is 28.3. The van der Waals surface area contributed by atoms with Gasteiger partial charge in [0.1, 0.15) is 0 Å². The molecule has 1 aromatic heterocycles. The second kappa shape index (κ2) is 5.67. The summed E-state index contributed by atoms with van der Waals surface area (Å²) in [5, 5.41) is 17.8. The predicted molar refractivity (Wildman–Crippen MR) is 79.8 cm³/mol. The van der Waals surface area contributed by atoms with Crippen LogP contribution in [-0.2, 0) is 0 Å². The standard InChI is InChI=1S/C14H19ClN4O2/c1-18(13-6-5-12(15)16-17-13)11-7-9-3-2-4-10(8-11)19(9)14(20)21/h5-6,9-11H,2-4,7-8H2,1H3,(H,20,21)/t9-,10?,11?/m0/s1. The maximum absolute atomic E-state index is 11.4. The lowest BCUT2D eigenvalue weighted by atomic mass is 9.81. The Labute approximate surface area is 128 Å². The van der Waals surface area contributed by atoms with Crippen LogP contribution in [0.5, 0.6) is 0 Å². The van der Waals surface area contributed by atoms with Gasteiger partial charge in [0.15, 0.2) is 11.0 Å². The fraction of sp³-hybridized carbons (Fsp3) is 0.643. The van der Waals surface area contributed by atoms with Crippen molar-refractivity contribution < 1.29 is 9.90 Å². The van der Waals surface area contributed by atoms with Gasteiger partial charge in [-0.25, -0.2) is 4.79 Å². The Kier molecular flexibility index (Phi) is 3.89. The minimum absolute atomic E-state index is 0.128. The first-order valence-corrected chi connectivity index (χ1v) is 7.67. The fourth-order valence-corrected chi connectivity index (χ4v) is 3.77. The molecule has 2 aliphatic rings. The lowest BCUT2D eigenvalue weighted by molar-refractivity contribution is 0.0352. The van der Waals surface area contributed by atoms with E-state index in [1.807, 2.05) is 13.1 Å². The van der Waals surface area contributed by atoms with Gasteiger partial charge in [-0.05, 0) is 44.2 Å². The number of fused-ring (bicyclic) bond motifs is 2. The van der Waals surface area contributed by atoms with E-state index in [4.69, 9.17) is 11.6 Å². The highest BCUT2D eigenvalue weighted by Gasteiger charge is 2.42. The Morgan fingerprint density at radius 3 is 2.52 bits per heavy atom. The SMILES string of the molecule is CN(c1ccc(Cl)nn1)C1CC2CCC[C@@H](C1)N2C(=O)O. The Hall–Kier alpha value is -1.56. The summed E-state index contributed by atoms with van der Waals surface area (Å²) in [5.41, 5.74) is 0. The van der Waals surface area contributed by atoms with Crippen molar-refractivity contribution in [2.75, 3.05) is 11.9 Å². The Bertz CT molecular complexity index is 510. The van der Waals surface area contributed by atoms with Gasteiger partial charge in [-0.2, -0.15) is 0 Å². The summed E-state index contributed by atoms with van der Waals surface area (Å²) in [6.07, 6.45) is 3.96. The first kappa shape index (κ1) is 14.4. The highest BCUT2D eigenvalue weighted by atomic mass is 35.5. The van der Waals surface area contributed by atoms with Crippen LogP contribution < -0.4 is 4.90 Å². The van der Waals surface area contributed by atoms with E-state index in [9.17, 15) is 9.90 Å². The quantitative estimate of drug-likeness (QED) is 0.909. The molecule has 2 saturated heterocycles. The maximum Gasteiger partial charge on any atom is 0.407 e. The Balaban J connectivity index is 1.76. The Morgan fingerprint density at radius 2 is 2.00 bits per heavy atom. The van der Waals surface area contributed by atoms with Gasteiger partial charge < -0.3 is 14.9 Å². The average Bonchev–Trinajstić information content (AvgIpc) is 2.45. The number of aromatic nitrogens is 2. The van der Waals surface area contributed by atoms with Crippen LogP contribution in [-0.4, -0.2) is 51.5 Å². The van der Waals surface area contributed by atoms with Crippen LogP contribution in [0.2, 0.25) is 5.15 Å². The molecule has 21 heavy (non-hydrogen) atoms. The lowest BCUT2D eigenvalue weighted by Crippen LogP contribution is -2.58. The number of piperidine rings is 2. The second-order valence-corrected chi connectivity index (χ2v) is 6.27. The number of anilines is 1. The zero-order valence-corrected chi connectivity index (χ0v) is 12.7. The molecule has 0 saturated carbocycles. The molecule has 1 amide bonds. The van der Waals surface area contributed by atoms with Crippen molar-refractivity contribution in [3.05, 3.63) is 17.3 Å². The summed E-state index contributed by atoms with van der Waals surface area (Å²) in [7, 11) is 1.99. The third-order valence-electron chi connectivity index (χ3n) is 4.70. The molecule has 0 aliphatic carbocycles. The van der Waals surface area contributed by atoms with E-state index in [-0.39, 0.29) is 12.1 Å². The zero-order chi connectivity index (χ0) is 15.0. The zero-order valence-electron chi connectivity index (χ0n) is 11.9. The van der Waals surface area contributed by atoms with E-state index < -0.39 is 6.09 Å². The van der Waals surface area contributed by atoms with Gasteiger partial charge in [0.2, 0.25) is 0 Å². The van der Waals surface area contributed by atoms with Crippen LogP contribution in [0.25, 0.3) is 0 Å². The molecular formula is C14H19ClN4O2. The van der Waals surface area contributed by atoms with Gasteiger partial charge in [0.05, 0.1) is 0 Å². The van der Waals surface area contributed by atoms with Crippen LogP contribution in [0.3, 0.4) is 0 Å². The van der Waals surface area contributed by atoms with Gasteiger partial charge >= 0.3 is 6.09 Å². The second-order valence-electron chi connectivity index (χ2n) is 5.88. The molecule has 0 aromatic carbocycles. The van der Waals surface area contributed by atoms with Crippen molar-refractivity contribution in [1.29, 1.82) is 0 Å². The van der Waals surface area contributed by atoms with E-state index >= 15 is 0 Å². The smallest absolute Gasteiger partial charge is 0.407 e. The highest BCUT2D eigenvalue weighted by molar-refractivity contribution is 6.29. The average molecular weight is 311 g/mol. The third-order valence-corrected chi connectivity index (χ3v) is 4.90. The largest absolute Gasteiger partial charge is 0.465 e. The number of hydrogen-bond acceptors (Lipinski definition) is 4. The molecule has 0 radical (unpaired) electrons. The molecule has 6 nitrogen and oxygen atoms in total. The van der Waals surface area contributed by atoms with Crippen molar-refractivity contribution in [2.45, 2.75) is 50.2 Å². The molecule has 7 heteroatoms. The molecule has 2 aliphatic heterocycles. The van der Waals surface area contributed by atoms with Crippen LogP contribution in [0, 0.1) is 0 Å². The number of carboxylic acid groups (broad SMARTS) is 1. The highest BCUT2D eigenvalue weighted by Crippen LogP contribution is 2.36. The van der Waals surface area contributed by atoms with E-state index in [2.05, 4.69) is 15.1 Å². The summed E-state index contributed by atoms with van der Waals surface area (Å²) in [5.74, 6) is 0.784. The van der Waals surface area contributed by atoms with Gasteiger partial charge in [-0.3, -0.25) is 0 Å². The third kappa shape index (κ3) is 2.77. The summed E-state index contributed by atoms with van der Waals surface area (Å²) in [4.78, 5) is 15.2. The molecule has 1 N–H and O–H groups in total. The topological polar surface area (TPSA) is 69.6 Å². The van der Waals surface area contributed by atoms with Crippen LogP contribution in [0.1, 0.15) is 32.1 Å². The summed E-state index contributed by atoms with van der Waals surface area (Å²) >= 11 is 5.77. The molecule has 114 valence electrons. The van der Waals surface area contributed by atoms with Crippen molar-refractivity contribution in [2.24, 2.45) is 0 Å². The maximum atomic E-state index is 11.4. The molecule has 3 heterocycles. The van der Waals surface area contributed by atoms with Crippen molar-refractivity contribution >= 4 is 23.5 Å². The molecule has 0 spiro atoms. The molecule has 3 atom stereocenters. The van der Waals surface area contributed by atoms with E-state index in [1.54, 1.807) is 11.0 Å². The first-order valence-electron chi connectivity index (χ1n) is 7.29. The van der Waals surface area contributed by atoms with E-state index in [0.29, 0.717) is 11.2 Å². The van der Waals surface area contributed by atoms with Crippen LogP contribution in [0.15, 0.2) is 12.1 Å². The molecule has 2 unspecified atom stereocenters. The number of hydrogen-bond donors (Lipinski definition) is 1. The van der Waals surface area contributed by atoms with Gasteiger partial charge in [-0.1, -0.05) is 11.6 Å². The van der Waals surface area contributed by atoms with Gasteiger partial charge in [0, 0.05) is 25.2 Å². The van der Waals surface area contributed by atoms with Gasteiger partial charge in [-0.15, -0.1) is 10.2 Å². The van der Waals surface area contributed by atoms with Crippen molar-refractivity contribution in [3.8, 4) is 0 Å². The first-order chi connectivity index (χ1) is 10.1. The summed E-state index contributed by atoms with van der Waals surface area (Å²) in [6, 6.07) is 4.14. The van der Waals surface area contributed by atoms with Crippen LogP contribution in [0.4, 0.5) is 10.6 Å². The molecule has 2 fully saturated rings. The number of nitrogens with zero attached hydrogens (tertiary/aromatic N) is 4. The predicted octanol–water partition coefficient (Wildman–Crippen LogP) is 2.63. The van der Waals surface area contributed by atoms with Gasteiger partial charge in [0.25, 0.3) is 0 Å². The van der Waals surface area contributed by atoms with Crippen molar-refractivity contribution in [1.82, 2.24) is 15.1 Å². The molecule has 3 rings (SSSR count). The summed E-state index contributed by atoms with van der Waals surface area (Å²) < 4.78 is 0. The fourth-order valence-electron chi connectivity index (χ4n) is 3.67. The Morgan fingerprint density at radius 1 is 1.33 bits per heavy atom. The van der Waals surface area contributed by atoms with Crippen molar-refractivity contribution in [3.63, 3.8) is 0 Å². The lowest BCUT2D eigenvalue weighted by Gasteiger charge is -2.49. The number of halogens is 1. The molecule has 2 bridgehead atoms.